The summed E-state index contributed by atoms with van der Waals surface area (Å²) in [5.74, 6) is -3.95. The van der Waals surface area contributed by atoms with Gasteiger partial charge in [0.2, 0.25) is 23.6 Å². The number of carboxylic acid groups (broad SMARTS) is 1. The van der Waals surface area contributed by atoms with Crippen molar-refractivity contribution in [1.82, 2.24) is 16.0 Å². The number of carboxylic acids is 1. The molecule has 0 heterocycles. The van der Waals surface area contributed by atoms with E-state index >= 15 is 0 Å². The van der Waals surface area contributed by atoms with Crippen LogP contribution in [-0.2, 0) is 24.0 Å². The van der Waals surface area contributed by atoms with Crippen molar-refractivity contribution in [2.24, 2.45) is 27.9 Å². The molecule has 0 aliphatic carbocycles. The molecule has 0 aromatic heterocycles. The number of rotatable bonds is 16. The Balaban J connectivity index is 5.29. The molecular weight excluding hydrogens is 444 g/mol. The van der Waals surface area contributed by atoms with E-state index in [1.807, 2.05) is 6.26 Å². The molecule has 3 unspecified atom stereocenters. The Morgan fingerprint density at radius 3 is 2.12 bits per heavy atom. The van der Waals surface area contributed by atoms with Gasteiger partial charge in [-0.15, -0.1) is 0 Å². The molecule has 15 heteroatoms. The molecule has 0 aliphatic rings. The molecule has 0 aliphatic heterocycles. The van der Waals surface area contributed by atoms with Gasteiger partial charge in [-0.2, -0.15) is 11.8 Å². The van der Waals surface area contributed by atoms with Gasteiger partial charge in [0.25, 0.3) is 0 Å². The topological polar surface area (TPSA) is 258 Å². The Bertz CT molecular complexity index is 701. The number of guanidine groups is 1. The van der Waals surface area contributed by atoms with E-state index in [1.54, 1.807) is 0 Å². The minimum absolute atomic E-state index is 0.0540. The third-order valence-corrected chi connectivity index (χ3v) is 4.64. The molecule has 0 fully saturated rings. The largest absolute Gasteiger partial charge is 0.480 e. The van der Waals surface area contributed by atoms with Crippen LogP contribution in [0, 0.1) is 0 Å². The smallest absolute Gasteiger partial charge is 0.322 e. The molecule has 0 radical (unpaired) electrons. The third-order valence-electron chi connectivity index (χ3n) is 4.00. The fraction of sp³-hybridized carbons (Fsp3) is 0.647. The van der Waals surface area contributed by atoms with Crippen LogP contribution in [0.4, 0.5) is 0 Å². The summed E-state index contributed by atoms with van der Waals surface area (Å²) in [6.07, 6.45) is 2.00. The summed E-state index contributed by atoms with van der Waals surface area (Å²) in [6, 6.07) is -3.44. The molecule has 0 saturated carbocycles. The summed E-state index contributed by atoms with van der Waals surface area (Å²) >= 11 is 1.49. The summed E-state index contributed by atoms with van der Waals surface area (Å²) in [6.45, 7) is -0.502. The quantitative estimate of drug-likeness (QED) is 0.0611. The second kappa shape index (κ2) is 15.7. The van der Waals surface area contributed by atoms with Crippen LogP contribution in [-0.4, -0.2) is 83.9 Å². The van der Waals surface area contributed by atoms with Gasteiger partial charge in [0.05, 0.1) is 12.5 Å². The number of hydrogen-bond donors (Lipinski definition) is 8. The van der Waals surface area contributed by atoms with Crippen molar-refractivity contribution in [3.8, 4) is 0 Å². The SMILES string of the molecule is CSCCC(N)C(=O)NC(CC(N)=O)C(=O)NC(CCCN=C(N)N)C(=O)NCC(=O)O. The van der Waals surface area contributed by atoms with Gasteiger partial charge in [-0.05, 0) is 31.3 Å². The molecule has 0 saturated heterocycles. The number of carbonyl (C=O) groups excluding carboxylic acids is 4. The zero-order valence-corrected chi connectivity index (χ0v) is 18.7. The molecule has 32 heavy (non-hydrogen) atoms. The van der Waals surface area contributed by atoms with Gasteiger partial charge in [-0.25, -0.2) is 0 Å². The summed E-state index contributed by atoms with van der Waals surface area (Å²) < 4.78 is 0. The Morgan fingerprint density at radius 2 is 1.59 bits per heavy atom. The first-order valence-corrected chi connectivity index (χ1v) is 11.1. The van der Waals surface area contributed by atoms with Crippen LogP contribution >= 0.6 is 11.8 Å². The van der Waals surface area contributed by atoms with Gasteiger partial charge in [0, 0.05) is 6.54 Å². The number of primary amides is 1. The van der Waals surface area contributed by atoms with Crippen molar-refractivity contribution in [3.05, 3.63) is 0 Å². The van der Waals surface area contributed by atoms with E-state index < -0.39 is 60.7 Å². The number of carbonyl (C=O) groups is 5. The van der Waals surface area contributed by atoms with E-state index in [1.165, 1.54) is 11.8 Å². The number of nitrogens with two attached hydrogens (primary N) is 4. The first-order valence-electron chi connectivity index (χ1n) is 9.66. The highest BCUT2D eigenvalue weighted by atomic mass is 32.2. The van der Waals surface area contributed by atoms with Gasteiger partial charge >= 0.3 is 5.97 Å². The van der Waals surface area contributed by atoms with E-state index in [2.05, 4.69) is 20.9 Å². The maximum atomic E-state index is 12.7. The zero-order chi connectivity index (χ0) is 24.7. The number of amides is 4. The average molecular weight is 477 g/mol. The Labute approximate surface area is 189 Å². The van der Waals surface area contributed by atoms with Gasteiger partial charge in [-0.1, -0.05) is 0 Å². The number of aliphatic carboxylic acids is 1. The number of nitrogens with one attached hydrogen (secondary N) is 3. The van der Waals surface area contributed by atoms with Crippen LogP contribution in [0.5, 0.6) is 0 Å². The molecule has 0 bridgehead atoms. The monoisotopic (exact) mass is 476 g/mol. The molecule has 12 N–H and O–H groups in total. The van der Waals surface area contributed by atoms with Gasteiger partial charge in [0.1, 0.15) is 18.6 Å². The predicted molar refractivity (Wildman–Crippen MR) is 119 cm³/mol. The van der Waals surface area contributed by atoms with Crippen molar-refractivity contribution in [2.45, 2.75) is 43.8 Å². The van der Waals surface area contributed by atoms with E-state index in [-0.39, 0.29) is 25.3 Å². The average Bonchev–Trinajstić information content (AvgIpc) is 2.70. The number of hydrogen-bond acceptors (Lipinski definition) is 8. The highest BCUT2D eigenvalue weighted by Gasteiger charge is 2.29. The predicted octanol–water partition coefficient (Wildman–Crippen LogP) is -3.83. The number of nitrogens with zero attached hydrogens (tertiary/aromatic N) is 1. The van der Waals surface area contributed by atoms with Crippen LogP contribution in [0.25, 0.3) is 0 Å². The molecule has 0 aromatic rings. The lowest BCUT2D eigenvalue weighted by Gasteiger charge is -2.23. The van der Waals surface area contributed by atoms with E-state index in [0.717, 1.165) is 0 Å². The highest BCUT2D eigenvalue weighted by molar-refractivity contribution is 7.98. The zero-order valence-electron chi connectivity index (χ0n) is 17.8. The van der Waals surface area contributed by atoms with Gasteiger partial charge < -0.3 is 44.0 Å². The first-order chi connectivity index (χ1) is 15.0. The fourth-order valence-electron chi connectivity index (χ4n) is 2.40. The fourth-order valence-corrected chi connectivity index (χ4v) is 2.89. The van der Waals surface area contributed by atoms with Crippen molar-refractivity contribution in [2.75, 3.05) is 25.1 Å². The second-order valence-corrected chi connectivity index (χ2v) is 7.73. The standard InChI is InChI=1S/C17H32N8O6S/c1-32-6-4-9(18)14(29)25-11(7-12(19)26)16(31)24-10(3-2-5-22-17(20)21)15(30)23-8-13(27)28/h9-11H,2-8,18H2,1H3,(H2,19,26)(H,23,30)(H,24,31)(H,25,29)(H,27,28)(H4,20,21,22). The van der Waals surface area contributed by atoms with Crippen molar-refractivity contribution in [3.63, 3.8) is 0 Å². The van der Waals surface area contributed by atoms with E-state index in [9.17, 15) is 24.0 Å². The molecular formula is C17H32N8O6S. The normalized spacial score (nSPS) is 13.2. The molecule has 14 nitrogen and oxygen atoms in total. The third kappa shape index (κ3) is 13.3. The summed E-state index contributed by atoms with van der Waals surface area (Å²) in [4.78, 5) is 63.2. The lowest BCUT2D eigenvalue weighted by atomic mass is 10.1. The van der Waals surface area contributed by atoms with Gasteiger partial charge in [0.15, 0.2) is 5.96 Å². The van der Waals surface area contributed by atoms with Crippen LogP contribution in [0.15, 0.2) is 4.99 Å². The minimum Gasteiger partial charge on any atom is -0.480 e. The van der Waals surface area contributed by atoms with E-state index in [4.69, 9.17) is 28.0 Å². The molecule has 182 valence electrons. The molecule has 3 atom stereocenters. The Hall–Kier alpha value is -3.07. The maximum Gasteiger partial charge on any atom is 0.322 e. The summed E-state index contributed by atoms with van der Waals surface area (Å²) in [5.41, 5.74) is 21.4. The molecule has 4 amide bonds. The van der Waals surface area contributed by atoms with Gasteiger partial charge in [-0.3, -0.25) is 29.0 Å². The van der Waals surface area contributed by atoms with E-state index in [0.29, 0.717) is 12.2 Å². The Morgan fingerprint density at radius 1 is 0.969 bits per heavy atom. The Kier molecular flexibility index (Phi) is 14.2. The maximum absolute atomic E-state index is 12.7. The van der Waals surface area contributed by atoms with Crippen LogP contribution in [0.1, 0.15) is 25.7 Å². The molecule has 0 spiro atoms. The summed E-state index contributed by atoms with van der Waals surface area (Å²) in [5, 5.41) is 15.7. The van der Waals surface area contributed by atoms with Crippen LogP contribution in [0.3, 0.4) is 0 Å². The van der Waals surface area contributed by atoms with Crippen LogP contribution < -0.4 is 38.9 Å². The highest BCUT2D eigenvalue weighted by Crippen LogP contribution is 2.03. The molecule has 0 rings (SSSR count). The van der Waals surface area contributed by atoms with Crippen LogP contribution in [0.2, 0.25) is 0 Å². The lowest BCUT2D eigenvalue weighted by molar-refractivity contribution is -0.138. The first kappa shape index (κ1) is 28.9. The number of thioether (sulfide) groups is 1. The van der Waals surface area contributed by atoms with Crippen molar-refractivity contribution in [1.29, 1.82) is 0 Å². The minimum atomic E-state index is -1.37. The lowest BCUT2D eigenvalue weighted by Crippen LogP contribution is -2.56. The summed E-state index contributed by atoms with van der Waals surface area (Å²) in [7, 11) is 0. The number of aliphatic imine (C=N–C) groups is 1. The molecule has 0 aromatic carbocycles. The second-order valence-electron chi connectivity index (χ2n) is 6.74. The van der Waals surface area contributed by atoms with Crippen molar-refractivity contribution >= 4 is 47.3 Å². The van der Waals surface area contributed by atoms with Crippen molar-refractivity contribution < 1.29 is 29.1 Å².